The van der Waals surface area contributed by atoms with Gasteiger partial charge in [-0.05, 0) is 19.9 Å². The fourth-order valence-electron chi connectivity index (χ4n) is 2.31. The summed E-state index contributed by atoms with van der Waals surface area (Å²) in [7, 11) is 0. The lowest BCUT2D eigenvalue weighted by Gasteiger charge is -2.16. The van der Waals surface area contributed by atoms with Crippen LogP contribution in [0, 0.1) is 0 Å². The van der Waals surface area contributed by atoms with Crippen LogP contribution >= 0.6 is 0 Å². The van der Waals surface area contributed by atoms with E-state index in [1.54, 1.807) is 0 Å². The summed E-state index contributed by atoms with van der Waals surface area (Å²) >= 11 is 0. The van der Waals surface area contributed by atoms with Crippen LogP contribution in [0.2, 0.25) is 0 Å². The van der Waals surface area contributed by atoms with Crippen LogP contribution in [0.3, 0.4) is 0 Å². The van der Waals surface area contributed by atoms with Gasteiger partial charge in [-0.2, -0.15) is 0 Å². The summed E-state index contributed by atoms with van der Waals surface area (Å²) < 4.78 is 7.86. The summed E-state index contributed by atoms with van der Waals surface area (Å²) in [5, 5.41) is 3.36. The number of benzene rings is 1. The Balaban J connectivity index is 1.95. The largest absolute Gasteiger partial charge is 0.491 e. The maximum Gasteiger partial charge on any atom is 0.203 e. The number of fused-ring (bicyclic) bond motifs is 1. The molecule has 0 aliphatic carbocycles. The molecule has 4 heteroatoms. The van der Waals surface area contributed by atoms with Gasteiger partial charge in [0.2, 0.25) is 5.95 Å². The molecule has 1 atom stereocenters. The highest BCUT2D eigenvalue weighted by Gasteiger charge is 2.26. The summed E-state index contributed by atoms with van der Waals surface area (Å²) in [5.41, 5.74) is 1.22. The summed E-state index contributed by atoms with van der Waals surface area (Å²) in [6.07, 6.45) is 3.83. The van der Waals surface area contributed by atoms with E-state index in [-0.39, 0.29) is 6.04 Å². The van der Waals surface area contributed by atoms with E-state index in [1.807, 2.05) is 30.6 Å². The van der Waals surface area contributed by atoms with Gasteiger partial charge in [-0.3, -0.25) is 0 Å². The Bertz CT molecular complexity index is 547. The number of hydrogen-bond acceptors (Lipinski definition) is 3. The van der Waals surface area contributed by atoms with E-state index in [1.165, 1.54) is 5.56 Å². The van der Waals surface area contributed by atoms with Gasteiger partial charge in [0, 0.05) is 24.0 Å². The number of ether oxygens (including phenoxy) is 1. The van der Waals surface area contributed by atoms with Crippen molar-refractivity contribution < 1.29 is 4.74 Å². The summed E-state index contributed by atoms with van der Waals surface area (Å²) in [5.74, 6) is 1.88. The molecule has 1 aliphatic heterocycles. The number of imidazole rings is 1. The molecule has 1 aromatic carbocycles. The lowest BCUT2D eigenvalue weighted by atomic mass is 10.1. The second-order valence-electron chi connectivity index (χ2n) is 4.82. The Kier molecular flexibility index (Phi) is 2.70. The first kappa shape index (κ1) is 11.1. The van der Waals surface area contributed by atoms with Crippen molar-refractivity contribution in [2.24, 2.45) is 0 Å². The number of para-hydroxylation sites is 1. The molecule has 2 heterocycles. The number of nitrogens with zero attached hydrogens (tertiary/aromatic N) is 2. The number of rotatable bonds is 3. The smallest absolute Gasteiger partial charge is 0.203 e. The predicted molar refractivity (Wildman–Crippen MR) is 71.1 cm³/mol. The molecule has 0 spiro atoms. The Morgan fingerprint density at radius 1 is 1.39 bits per heavy atom. The Morgan fingerprint density at radius 3 is 3.06 bits per heavy atom. The van der Waals surface area contributed by atoms with Crippen LogP contribution in [0.15, 0.2) is 36.7 Å². The number of aromatic nitrogens is 2. The van der Waals surface area contributed by atoms with Crippen molar-refractivity contribution in [2.45, 2.75) is 25.9 Å². The van der Waals surface area contributed by atoms with Crippen molar-refractivity contribution in [3.05, 3.63) is 42.2 Å². The summed E-state index contributed by atoms with van der Waals surface area (Å²) in [6, 6.07) is 8.76. The van der Waals surface area contributed by atoms with Gasteiger partial charge in [-0.15, -0.1) is 0 Å². The third kappa shape index (κ3) is 1.83. The fourth-order valence-corrected chi connectivity index (χ4v) is 2.31. The van der Waals surface area contributed by atoms with Crippen LogP contribution in [-0.4, -0.2) is 22.2 Å². The van der Waals surface area contributed by atoms with Crippen molar-refractivity contribution >= 4 is 5.95 Å². The Labute approximate surface area is 107 Å². The fraction of sp³-hybridized carbons (Fsp3) is 0.357. The van der Waals surface area contributed by atoms with Gasteiger partial charge in [0.15, 0.2) is 0 Å². The van der Waals surface area contributed by atoms with Crippen LogP contribution in [0.4, 0.5) is 5.95 Å². The lowest BCUT2D eigenvalue weighted by molar-refractivity contribution is 0.317. The lowest BCUT2D eigenvalue weighted by Crippen LogP contribution is -2.18. The highest BCUT2D eigenvalue weighted by Crippen LogP contribution is 2.35. The van der Waals surface area contributed by atoms with Crippen LogP contribution < -0.4 is 10.1 Å². The molecule has 1 N–H and O–H groups in total. The Morgan fingerprint density at radius 2 is 2.22 bits per heavy atom. The van der Waals surface area contributed by atoms with E-state index in [9.17, 15) is 0 Å². The van der Waals surface area contributed by atoms with Crippen LogP contribution in [0.25, 0.3) is 0 Å². The predicted octanol–water partition coefficient (Wildman–Crippen LogP) is 2.69. The molecule has 18 heavy (non-hydrogen) atoms. The molecule has 1 aliphatic rings. The molecule has 0 fully saturated rings. The van der Waals surface area contributed by atoms with Crippen molar-refractivity contribution in [1.29, 1.82) is 0 Å². The average Bonchev–Trinajstić information content (AvgIpc) is 2.94. The molecule has 1 aromatic heterocycles. The minimum atomic E-state index is 0.213. The molecule has 0 bridgehead atoms. The molecule has 3 rings (SSSR count). The maximum absolute atomic E-state index is 5.72. The summed E-state index contributed by atoms with van der Waals surface area (Å²) in [6.45, 7) is 4.89. The molecule has 94 valence electrons. The van der Waals surface area contributed by atoms with E-state index in [0.29, 0.717) is 12.6 Å². The zero-order valence-electron chi connectivity index (χ0n) is 10.6. The first-order chi connectivity index (χ1) is 8.75. The standard InChI is InChI=1S/C14H17N3O/c1-10(2)16-14-15-7-8-17(14)12-9-18-13-6-4-3-5-11(12)13/h3-8,10,12H,9H2,1-2H3,(H,15,16). The highest BCUT2D eigenvalue weighted by molar-refractivity contribution is 5.42. The second kappa shape index (κ2) is 4.37. The van der Waals surface area contributed by atoms with Gasteiger partial charge in [-0.1, -0.05) is 18.2 Å². The van der Waals surface area contributed by atoms with Gasteiger partial charge < -0.3 is 14.6 Å². The molecule has 0 amide bonds. The highest BCUT2D eigenvalue weighted by atomic mass is 16.5. The van der Waals surface area contributed by atoms with Crippen LogP contribution in [-0.2, 0) is 0 Å². The monoisotopic (exact) mass is 243 g/mol. The minimum Gasteiger partial charge on any atom is -0.491 e. The Hall–Kier alpha value is -1.97. The van der Waals surface area contributed by atoms with Gasteiger partial charge >= 0.3 is 0 Å². The van der Waals surface area contributed by atoms with Crippen molar-refractivity contribution in [3.63, 3.8) is 0 Å². The molecule has 0 saturated carbocycles. The van der Waals surface area contributed by atoms with E-state index in [4.69, 9.17) is 4.74 Å². The minimum absolute atomic E-state index is 0.213. The first-order valence-electron chi connectivity index (χ1n) is 6.27. The van der Waals surface area contributed by atoms with Crippen LogP contribution in [0.1, 0.15) is 25.5 Å². The maximum atomic E-state index is 5.72. The number of anilines is 1. The van der Waals surface area contributed by atoms with E-state index < -0.39 is 0 Å². The SMILES string of the molecule is CC(C)Nc1nccn1C1COc2ccccc21. The zero-order valence-corrected chi connectivity index (χ0v) is 10.6. The quantitative estimate of drug-likeness (QED) is 0.900. The molecular formula is C14H17N3O. The number of hydrogen-bond donors (Lipinski definition) is 1. The van der Waals surface area contributed by atoms with Gasteiger partial charge in [-0.25, -0.2) is 4.98 Å². The zero-order chi connectivity index (χ0) is 12.5. The van der Waals surface area contributed by atoms with E-state index >= 15 is 0 Å². The van der Waals surface area contributed by atoms with Crippen molar-refractivity contribution in [1.82, 2.24) is 9.55 Å². The third-order valence-corrected chi connectivity index (χ3v) is 3.10. The van der Waals surface area contributed by atoms with Crippen molar-refractivity contribution in [2.75, 3.05) is 11.9 Å². The normalized spacial score (nSPS) is 17.6. The summed E-state index contributed by atoms with van der Waals surface area (Å²) in [4.78, 5) is 4.37. The van der Waals surface area contributed by atoms with Gasteiger partial charge in [0.25, 0.3) is 0 Å². The number of nitrogens with one attached hydrogen (secondary N) is 1. The molecule has 4 nitrogen and oxygen atoms in total. The molecule has 0 radical (unpaired) electrons. The van der Waals surface area contributed by atoms with Crippen LogP contribution in [0.5, 0.6) is 5.75 Å². The van der Waals surface area contributed by atoms with E-state index in [2.05, 4.69) is 34.8 Å². The van der Waals surface area contributed by atoms with Crippen molar-refractivity contribution in [3.8, 4) is 5.75 Å². The topological polar surface area (TPSA) is 39.1 Å². The molecule has 2 aromatic rings. The second-order valence-corrected chi connectivity index (χ2v) is 4.82. The molecular weight excluding hydrogens is 226 g/mol. The average molecular weight is 243 g/mol. The first-order valence-corrected chi connectivity index (χ1v) is 6.27. The van der Waals surface area contributed by atoms with E-state index in [0.717, 1.165) is 11.7 Å². The van der Waals surface area contributed by atoms with Gasteiger partial charge in [0.05, 0.1) is 6.04 Å². The third-order valence-electron chi connectivity index (χ3n) is 3.10. The molecule has 0 saturated heterocycles. The molecule has 1 unspecified atom stereocenters. The van der Waals surface area contributed by atoms with Gasteiger partial charge in [0.1, 0.15) is 12.4 Å².